The molecule has 0 aliphatic heterocycles. The Labute approximate surface area is 174 Å². The number of carbonyl (C=O) groups is 1. The molecule has 1 aliphatic carbocycles. The molecule has 1 aliphatic rings. The molecule has 0 saturated carbocycles. The van der Waals surface area contributed by atoms with E-state index in [2.05, 4.69) is 0 Å². The molecule has 5 nitrogen and oxygen atoms in total. The second-order valence-corrected chi connectivity index (χ2v) is 14.9. The van der Waals surface area contributed by atoms with Gasteiger partial charge in [-0.3, -0.25) is 4.79 Å². The van der Waals surface area contributed by atoms with Crippen LogP contribution in [-0.2, 0) is 26.5 Å². The number of carbonyl (C=O) groups excluding carboxylic acids is 1. The number of benzene rings is 1. The smallest absolute Gasteiger partial charge is 0.313 e. The minimum absolute atomic E-state index is 0.264. The van der Waals surface area contributed by atoms with Gasteiger partial charge in [-0.2, -0.15) is 0 Å². The van der Waals surface area contributed by atoms with Crippen LogP contribution in [0.15, 0.2) is 18.2 Å². The fourth-order valence-corrected chi connectivity index (χ4v) is 7.32. The summed E-state index contributed by atoms with van der Waals surface area (Å²) in [4.78, 5) is 12.2. The number of halogens is 2. The van der Waals surface area contributed by atoms with Crippen LogP contribution < -0.4 is 5.73 Å². The quantitative estimate of drug-likeness (QED) is 0.250. The number of fused-ring (bicyclic) bond motifs is 1. The molecule has 1 atom stereocenters. The molecule has 0 spiro atoms. The van der Waals surface area contributed by atoms with Gasteiger partial charge in [0.15, 0.2) is 4.32 Å². The molecule has 1 aromatic rings. The van der Waals surface area contributed by atoms with Gasteiger partial charge in [0.2, 0.25) is 10.6 Å². The Morgan fingerprint density at radius 2 is 2.12 bits per heavy atom. The lowest BCUT2D eigenvalue weighted by Gasteiger charge is -2.30. The molecule has 132 valence electrons. The summed E-state index contributed by atoms with van der Waals surface area (Å²) >= 11 is 8.46. The van der Waals surface area contributed by atoms with Crippen molar-refractivity contribution < 1.29 is 17.9 Å². The van der Waals surface area contributed by atoms with Crippen molar-refractivity contribution in [2.24, 2.45) is 5.73 Å². The first-order chi connectivity index (χ1) is 11.1. The molecule has 1 aromatic carbocycles. The molecule has 0 amide bonds. The van der Waals surface area contributed by atoms with Gasteiger partial charge in [-0.1, -0.05) is 18.2 Å². The van der Waals surface area contributed by atoms with E-state index in [4.69, 9.17) is 22.7 Å². The Balaban J connectivity index is 2.59. The number of ether oxygens (including phenoxy) is 1. The van der Waals surface area contributed by atoms with Crippen LogP contribution in [0.4, 0.5) is 0 Å². The summed E-state index contributed by atoms with van der Waals surface area (Å²) in [7, 11) is -3.84. The number of esters is 1. The van der Waals surface area contributed by atoms with E-state index in [1.807, 2.05) is 51.2 Å². The van der Waals surface area contributed by atoms with E-state index in [1.165, 1.54) is 0 Å². The summed E-state index contributed by atoms with van der Waals surface area (Å²) in [5, 5.41) is 0. The molecule has 1 unspecified atom stereocenters. The maximum absolute atomic E-state index is 12.6. The van der Waals surface area contributed by atoms with Crippen molar-refractivity contribution in [1.82, 2.24) is 0 Å². The molecular formula is C15H17I2NO4S2. The third kappa shape index (κ3) is 3.58. The predicted octanol–water partition coefficient (Wildman–Crippen LogP) is 3.31. The molecule has 9 heteroatoms. The standard InChI is InChI=1S/C15H17I2NO4S2/c1-2-22-13(19)11-7-3-6-10-9(11)5-4-8-12(10)15(16,17)24(20,21)14(18)23/h4-5,8,11H,2-3,6-7H2,1H3,(H2,18,23). The average molecular weight is 593 g/mol. The van der Waals surface area contributed by atoms with Crippen LogP contribution in [0.1, 0.15) is 42.4 Å². The van der Waals surface area contributed by atoms with E-state index in [9.17, 15) is 13.2 Å². The molecule has 2 N–H and O–H groups in total. The zero-order chi connectivity index (χ0) is 18.1. The van der Waals surface area contributed by atoms with E-state index >= 15 is 0 Å². The van der Waals surface area contributed by atoms with Crippen molar-refractivity contribution in [2.75, 3.05) is 6.61 Å². The number of thiocarbonyl (C=S) groups is 1. The van der Waals surface area contributed by atoms with Crippen LogP contribution in [0.3, 0.4) is 0 Å². The lowest BCUT2D eigenvalue weighted by atomic mass is 9.81. The first-order valence-electron chi connectivity index (χ1n) is 7.35. The number of rotatable bonds is 4. The molecule has 0 fully saturated rings. The molecule has 0 bridgehead atoms. The maximum Gasteiger partial charge on any atom is 0.313 e. The van der Waals surface area contributed by atoms with Gasteiger partial charge < -0.3 is 10.5 Å². The highest BCUT2D eigenvalue weighted by Crippen LogP contribution is 2.49. The lowest BCUT2D eigenvalue weighted by molar-refractivity contribution is -0.145. The van der Waals surface area contributed by atoms with Crippen molar-refractivity contribution in [2.45, 2.75) is 32.9 Å². The third-order valence-electron chi connectivity index (χ3n) is 3.99. The topological polar surface area (TPSA) is 86.5 Å². The van der Waals surface area contributed by atoms with Gasteiger partial charge in [0.1, 0.15) is 0 Å². The Morgan fingerprint density at radius 3 is 2.71 bits per heavy atom. The van der Waals surface area contributed by atoms with E-state index < -0.39 is 14.9 Å². The maximum atomic E-state index is 12.6. The van der Waals surface area contributed by atoms with Crippen LogP contribution in [0.5, 0.6) is 0 Å². The first-order valence-corrected chi connectivity index (χ1v) is 11.4. The summed E-state index contributed by atoms with van der Waals surface area (Å²) in [5.74, 6) is -0.620. The van der Waals surface area contributed by atoms with Gasteiger partial charge in [0, 0.05) is 0 Å². The SMILES string of the molecule is CCOC(=O)C1CCCc2c1cccc2C(I)(I)S(=O)(=O)C(N)=S. The number of hydrogen-bond donors (Lipinski definition) is 1. The number of nitrogens with two attached hydrogens (primary N) is 1. The fourth-order valence-electron chi connectivity index (χ4n) is 2.88. The summed E-state index contributed by atoms with van der Waals surface area (Å²) in [6.45, 7) is 2.09. The van der Waals surface area contributed by atoms with E-state index in [-0.39, 0.29) is 11.9 Å². The van der Waals surface area contributed by atoms with Crippen molar-refractivity contribution in [3.63, 3.8) is 0 Å². The van der Waals surface area contributed by atoms with Gasteiger partial charge in [0.25, 0.3) is 0 Å². The summed E-state index contributed by atoms with van der Waals surface area (Å²) in [6.07, 6.45) is 2.21. The zero-order valence-electron chi connectivity index (χ0n) is 12.9. The summed E-state index contributed by atoms with van der Waals surface area (Å²) < 4.78 is 28.5. The Bertz CT molecular complexity index is 778. The zero-order valence-corrected chi connectivity index (χ0v) is 18.9. The van der Waals surface area contributed by atoms with Crippen molar-refractivity contribution in [3.05, 3.63) is 34.9 Å². The molecule has 0 radical (unpaired) electrons. The predicted molar refractivity (Wildman–Crippen MR) is 114 cm³/mol. The van der Waals surface area contributed by atoms with Crippen molar-refractivity contribution >= 4 is 77.5 Å². The average Bonchev–Trinajstić information content (AvgIpc) is 2.53. The number of sulfone groups is 1. The van der Waals surface area contributed by atoms with Crippen LogP contribution in [0.2, 0.25) is 0 Å². The van der Waals surface area contributed by atoms with Crippen molar-refractivity contribution in [3.8, 4) is 0 Å². The molecule has 0 heterocycles. The highest BCUT2D eigenvalue weighted by Gasteiger charge is 2.45. The van der Waals surface area contributed by atoms with Crippen LogP contribution in [-0.4, -0.2) is 25.3 Å². The largest absolute Gasteiger partial charge is 0.466 e. The Hall–Kier alpha value is -0.0100. The minimum atomic E-state index is -3.84. The van der Waals surface area contributed by atoms with Gasteiger partial charge >= 0.3 is 5.97 Å². The van der Waals surface area contributed by atoms with E-state index in [1.54, 1.807) is 19.1 Å². The van der Waals surface area contributed by atoms with Gasteiger partial charge in [-0.15, -0.1) is 0 Å². The highest BCUT2D eigenvalue weighted by atomic mass is 127. The second kappa shape index (κ2) is 7.70. The normalized spacial score (nSPS) is 17.9. The summed E-state index contributed by atoms with van der Waals surface area (Å²) in [6, 6.07) is 5.41. The van der Waals surface area contributed by atoms with Crippen LogP contribution in [0, 0.1) is 0 Å². The van der Waals surface area contributed by atoms with Crippen LogP contribution in [0.25, 0.3) is 0 Å². The van der Waals surface area contributed by atoms with Crippen LogP contribution >= 0.6 is 57.4 Å². The monoisotopic (exact) mass is 593 g/mol. The Morgan fingerprint density at radius 1 is 1.46 bits per heavy atom. The highest BCUT2D eigenvalue weighted by molar-refractivity contribution is 14.2. The third-order valence-corrected chi connectivity index (χ3v) is 10.7. The fraction of sp³-hybridized carbons (Fsp3) is 0.467. The van der Waals surface area contributed by atoms with E-state index in [0.29, 0.717) is 25.0 Å². The van der Waals surface area contributed by atoms with Gasteiger partial charge in [0.05, 0.1) is 12.5 Å². The lowest BCUT2D eigenvalue weighted by Crippen LogP contribution is -2.35. The second-order valence-electron chi connectivity index (χ2n) is 5.41. The summed E-state index contributed by atoms with van der Waals surface area (Å²) in [5.41, 5.74) is 7.79. The number of hydrogen-bond acceptors (Lipinski definition) is 5. The first kappa shape index (κ1) is 20.3. The number of alkyl halides is 2. The molecule has 24 heavy (non-hydrogen) atoms. The van der Waals surface area contributed by atoms with E-state index in [0.717, 1.165) is 17.5 Å². The molecular weight excluding hydrogens is 576 g/mol. The Kier molecular flexibility index (Phi) is 6.52. The molecule has 2 rings (SSSR count). The minimum Gasteiger partial charge on any atom is -0.466 e. The molecule has 0 aromatic heterocycles. The van der Waals surface area contributed by atoms with Gasteiger partial charge in [-0.25, -0.2) is 8.42 Å². The van der Waals surface area contributed by atoms with Crippen molar-refractivity contribution in [1.29, 1.82) is 0 Å². The molecule has 0 saturated heterocycles. The van der Waals surface area contributed by atoms with Gasteiger partial charge in [-0.05, 0) is 100 Å².